The summed E-state index contributed by atoms with van der Waals surface area (Å²) in [5, 5.41) is 4.80. The number of hydrogen-bond donors (Lipinski definition) is 1. The van der Waals surface area contributed by atoms with Gasteiger partial charge in [0.2, 0.25) is 5.91 Å². The number of nitrogens with one attached hydrogen (secondary N) is 1. The van der Waals surface area contributed by atoms with Crippen molar-refractivity contribution in [1.29, 1.82) is 0 Å². The highest BCUT2D eigenvalue weighted by atomic mass is 35.5. The Morgan fingerprint density at radius 3 is 2.81 bits per heavy atom. The van der Waals surface area contributed by atoms with Crippen molar-refractivity contribution < 1.29 is 13.6 Å². The van der Waals surface area contributed by atoms with Gasteiger partial charge in [0.25, 0.3) is 5.76 Å². The summed E-state index contributed by atoms with van der Waals surface area (Å²) in [7, 11) is 0. The number of thioether (sulfide) groups is 1. The van der Waals surface area contributed by atoms with Crippen molar-refractivity contribution in [3.8, 4) is 0 Å². The number of rotatable bonds is 6. The fraction of sp³-hybridized carbons (Fsp3) is 0.214. The summed E-state index contributed by atoms with van der Waals surface area (Å²) in [6.45, 7) is 0. The zero-order valence-corrected chi connectivity index (χ0v) is 13.2. The van der Waals surface area contributed by atoms with E-state index in [4.69, 9.17) is 11.6 Å². The molecule has 21 heavy (non-hydrogen) atoms. The summed E-state index contributed by atoms with van der Waals surface area (Å²) in [5.41, 5.74) is 0.323. The highest BCUT2D eigenvalue weighted by molar-refractivity contribution is 7.99. The van der Waals surface area contributed by atoms with E-state index in [2.05, 4.69) is 5.32 Å². The van der Waals surface area contributed by atoms with Crippen LogP contribution < -0.4 is 5.32 Å². The van der Waals surface area contributed by atoms with Crippen molar-refractivity contribution >= 4 is 46.3 Å². The first kappa shape index (κ1) is 16.3. The van der Waals surface area contributed by atoms with E-state index in [1.54, 1.807) is 23.5 Å². The second-order valence-corrected chi connectivity index (χ2v) is 6.56. The maximum Gasteiger partial charge on any atom is 0.289 e. The van der Waals surface area contributed by atoms with E-state index in [1.807, 2.05) is 17.5 Å². The number of thiophene rings is 1. The molecule has 0 unspecified atom stereocenters. The van der Waals surface area contributed by atoms with E-state index in [-0.39, 0.29) is 15.8 Å². The molecule has 0 aliphatic rings. The fourth-order valence-electron chi connectivity index (χ4n) is 1.72. The monoisotopic (exact) mass is 347 g/mol. The Morgan fingerprint density at radius 1 is 1.33 bits per heavy atom. The van der Waals surface area contributed by atoms with Crippen LogP contribution >= 0.6 is 34.7 Å². The summed E-state index contributed by atoms with van der Waals surface area (Å²) in [5.74, 6) is -2.81. The van der Waals surface area contributed by atoms with Crippen LogP contribution in [-0.4, -0.2) is 11.7 Å². The maximum absolute atomic E-state index is 12.5. The molecule has 0 spiro atoms. The molecule has 7 heteroatoms. The van der Waals surface area contributed by atoms with Crippen LogP contribution in [0.15, 0.2) is 40.6 Å². The lowest BCUT2D eigenvalue weighted by Crippen LogP contribution is -2.13. The number of amides is 1. The Bertz CT molecular complexity index is 605. The first-order valence-electron chi connectivity index (χ1n) is 6.12. The van der Waals surface area contributed by atoms with Crippen LogP contribution in [0.4, 0.5) is 14.5 Å². The van der Waals surface area contributed by atoms with E-state index < -0.39 is 5.76 Å². The molecule has 0 saturated heterocycles. The SMILES string of the molecule is O=C(CCc1cccs1)Nc1cccc(Cl)c1SC(F)F. The third-order valence-corrected chi connectivity index (χ3v) is 4.84. The van der Waals surface area contributed by atoms with Crippen LogP contribution in [0.2, 0.25) is 5.02 Å². The van der Waals surface area contributed by atoms with Crippen LogP contribution in [0.25, 0.3) is 0 Å². The molecule has 1 N–H and O–H groups in total. The van der Waals surface area contributed by atoms with E-state index in [1.165, 1.54) is 6.07 Å². The molecule has 2 nitrogen and oxygen atoms in total. The fourth-order valence-corrected chi connectivity index (χ4v) is 3.34. The van der Waals surface area contributed by atoms with E-state index in [9.17, 15) is 13.6 Å². The topological polar surface area (TPSA) is 29.1 Å². The van der Waals surface area contributed by atoms with Crippen molar-refractivity contribution in [2.45, 2.75) is 23.5 Å². The predicted molar refractivity (Wildman–Crippen MR) is 84.6 cm³/mol. The van der Waals surface area contributed by atoms with E-state index in [0.29, 0.717) is 30.3 Å². The van der Waals surface area contributed by atoms with Crippen LogP contribution in [-0.2, 0) is 11.2 Å². The van der Waals surface area contributed by atoms with Gasteiger partial charge in [-0.15, -0.1) is 11.3 Å². The number of carbonyl (C=O) groups excluding carboxylic acids is 1. The van der Waals surface area contributed by atoms with E-state index >= 15 is 0 Å². The Kier molecular flexibility index (Phi) is 6.02. The van der Waals surface area contributed by atoms with Gasteiger partial charge >= 0.3 is 0 Å². The van der Waals surface area contributed by atoms with Gasteiger partial charge < -0.3 is 5.32 Å². The van der Waals surface area contributed by atoms with Crippen molar-refractivity contribution in [1.82, 2.24) is 0 Å². The quantitative estimate of drug-likeness (QED) is 0.719. The minimum absolute atomic E-state index is 0.193. The van der Waals surface area contributed by atoms with Gasteiger partial charge in [0, 0.05) is 11.3 Å². The number of carbonyl (C=O) groups is 1. The third kappa shape index (κ3) is 4.98. The maximum atomic E-state index is 12.5. The van der Waals surface area contributed by atoms with Gasteiger partial charge in [-0.3, -0.25) is 4.79 Å². The molecule has 1 aromatic carbocycles. The van der Waals surface area contributed by atoms with Crippen LogP contribution in [0.1, 0.15) is 11.3 Å². The first-order valence-corrected chi connectivity index (χ1v) is 8.25. The predicted octanol–water partition coefficient (Wildman–Crippen LogP) is 5.29. The standard InChI is InChI=1S/C14H12ClF2NOS2/c15-10-4-1-5-11(13(10)21-14(16)17)18-12(19)7-6-9-3-2-8-20-9/h1-5,8,14H,6-7H2,(H,18,19). The summed E-state index contributed by atoms with van der Waals surface area (Å²) < 4.78 is 25.1. The molecule has 0 radical (unpaired) electrons. The van der Waals surface area contributed by atoms with Gasteiger partial charge in [-0.2, -0.15) is 8.78 Å². The lowest BCUT2D eigenvalue weighted by molar-refractivity contribution is -0.116. The van der Waals surface area contributed by atoms with Gasteiger partial charge in [-0.1, -0.05) is 35.5 Å². The second-order valence-electron chi connectivity index (χ2n) is 4.12. The zero-order valence-electron chi connectivity index (χ0n) is 10.8. The highest BCUT2D eigenvalue weighted by Crippen LogP contribution is 2.37. The number of benzene rings is 1. The Labute approximate surface area is 134 Å². The van der Waals surface area contributed by atoms with Gasteiger partial charge in [0.05, 0.1) is 15.6 Å². The lowest BCUT2D eigenvalue weighted by Gasteiger charge is -2.11. The normalized spacial score (nSPS) is 10.9. The Hall–Kier alpha value is -1.11. The van der Waals surface area contributed by atoms with Gasteiger partial charge in [0.1, 0.15) is 0 Å². The molecule has 1 amide bonds. The van der Waals surface area contributed by atoms with Crippen molar-refractivity contribution in [2.24, 2.45) is 0 Å². The molecule has 0 atom stereocenters. The molecule has 0 aliphatic carbocycles. The molecule has 2 rings (SSSR count). The largest absolute Gasteiger partial charge is 0.325 e. The minimum atomic E-state index is -2.59. The second kappa shape index (κ2) is 7.77. The number of halogens is 3. The van der Waals surface area contributed by atoms with Crippen molar-refractivity contribution in [2.75, 3.05) is 5.32 Å². The number of hydrogen-bond acceptors (Lipinski definition) is 3. The molecule has 112 valence electrons. The van der Waals surface area contributed by atoms with Gasteiger partial charge in [0.15, 0.2) is 0 Å². The Balaban J connectivity index is 2.01. The van der Waals surface area contributed by atoms with Crippen molar-refractivity contribution in [3.05, 3.63) is 45.6 Å². The highest BCUT2D eigenvalue weighted by Gasteiger charge is 2.15. The van der Waals surface area contributed by atoms with Crippen molar-refractivity contribution in [3.63, 3.8) is 0 Å². The number of anilines is 1. The average molecular weight is 348 g/mol. The number of aryl methyl sites for hydroxylation is 1. The molecule has 1 aromatic heterocycles. The molecule has 0 fully saturated rings. The Morgan fingerprint density at radius 2 is 2.14 bits per heavy atom. The lowest BCUT2D eigenvalue weighted by atomic mass is 10.2. The van der Waals surface area contributed by atoms with Crippen LogP contribution in [0.3, 0.4) is 0 Å². The summed E-state index contributed by atoms with van der Waals surface area (Å²) in [6.07, 6.45) is 0.924. The first-order chi connectivity index (χ1) is 10.1. The minimum Gasteiger partial charge on any atom is -0.325 e. The van der Waals surface area contributed by atoms with E-state index in [0.717, 1.165) is 4.88 Å². The molecule has 2 aromatic rings. The van der Waals surface area contributed by atoms with Crippen LogP contribution in [0, 0.1) is 0 Å². The zero-order chi connectivity index (χ0) is 15.2. The molecule has 0 aliphatic heterocycles. The van der Waals surface area contributed by atoms with Gasteiger partial charge in [-0.25, -0.2) is 0 Å². The summed E-state index contributed by atoms with van der Waals surface area (Å²) in [4.78, 5) is 13.2. The smallest absolute Gasteiger partial charge is 0.289 e. The molecular formula is C14H12ClF2NOS2. The average Bonchev–Trinajstić information content (AvgIpc) is 2.93. The molecule has 0 bridgehead atoms. The summed E-state index contributed by atoms with van der Waals surface area (Å²) in [6, 6.07) is 8.58. The summed E-state index contributed by atoms with van der Waals surface area (Å²) >= 11 is 7.82. The third-order valence-electron chi connectivity index (χ3n) is 2.63. The van der Waals surface area contributed by atoms with Gasteiger partial charge in [-0.05, 0) is 30.0 Å². The van der Waals surface area contributed by atoms with Crippen LogP contribution in [0.5, 0.6) is 0 Å². The molecule has 1 heterocycles. The molecule has 0 saturated carbocycles. The number of alkyl halides is 2. The molecular weight excluding hydrogens is 336 g/mol.